The molecule has 0 radical (unpaired) electrons. The lowest BCUT2D eigenvalue weighted by Gasteiger charge is -2.09. The standard InChI is InChI=1S/C15H11BrN6O2/c16-13-4-2-1-3-12(13)15(24)19-18-14(23)10-5-7-11(8-6-10)22-9-17-20-21-22/h1-9H,(H,18,23)(H,19,24). The first-order valence-electron chi connectivity index (χ1n) is 6.84. The number of aromatic nitrogens is 4. The first-order chi connectivity index (χ1) is 11.6. The summed E-state index contributed by atoms with van der Waals surface area (Å²) < 4.78 is 2.11. The van der Waals surface area contributed by atoms with Gasteiger partial charge < -0.3 is 0 Å². The molecule has 120 valence electrons. The molecule has 2 N–H and O–H groups in total. The summed E-state index contributed by atoms with van der Waals surface area (Å²) in [5.41, 5.74) is 6.27. The summed E-state index contributed by atoms with van der Waals surface area (Å²) in [5.74, 6) is -0.847. The molecule has 8 nitrogen and oxygen atoms in total. The van der Waals surface area contributed by atoms with Crippen LogP contribution in [0.25, 0.3) is 5.69 Å². The molecule has 2 aromatic carbocycles. The van der Waals surface area contributed by atoms with E-state index in [1.54, 1.807) is 48.5 Å². The summed E-state index contributed by atoms with van der Waals surface area (Å²) in [5, 5.41) is 10.8. The monoisotopic (exact) mass is 386 g/mol. The van der Waals surface area contributed by atoms with Crippen LogP contribution in [0.2, 0.25) is 0 Å². The van der Waals surface area contributed by atoms with Crippen LogP contribution in [-0.4, -0.2) is 32.0 Å². The molecule has 0 fully saturated rings. The highest BCUT2D eigenvalue weighted by Gasteiger charge is 2.11. The predicted molar refractivity (Wildman–Crippen MR) is 88.2 cm³/mol. The molecule has 24 heavy (non-hydrogen) atoms. The molecule has 0 unspecified atom stereocenters. The van der Waals surface area contributed by atoms with Crippen LogP contribution in [0.15, 0.2) is 59.3 Å². The smallest absolute Gasteiger partial charge is 0.267 e. The minimum atomic E-state index is -0.432. The Morgan fingerprint density at radius 3 is 2.33 bits per heavy atom. The van der Waals surface area contributed by atoms with Gasteiger partial charge in [-0.15, -0.1) is 5.10 Å². The van der Waals surface area contributed by atoms with E-state index in [1.807, 2.05) is 0 Å². The molecule has 0 aliphatic heterocycles. The lowest BCUT2D eigenvalue weighted by molar-refractivity contribution is 0.0846. The van der Waals surface area contributed by atoms with Crippen LogP contribution in [0.3, 0.4) is 0 Å². The van der Waals surface area contributed by atoms with Gasteiger partial charge in [0.15, 0.2) is 0 Å². The number of benzene rings is 2. The maximum Gasteiger partial charge on any atom is 0.270 e. The minimum absolute atomic E-state index is 0.388. The van der Waals surface area contributed by atoms with E-state index >= 15 is 0 Å². The fourth-order valence-corrected chi connectivity index (χ4v) is 2.41. The third-order valence-corrected chi connectivity index (χ3v) is 3.84. The Morgan fingerprint density at radius 1 is 0.958 bits per heavy atom. The van der Waals surface area contributed by atoms with E-state index in [9.17, 15) is 9.59 Å². The van der Waals surface area contributed by atoms with E-state index in [0.717, 1.165) is 0 Å². The van der Waals surface area contributed by atoms with Crippen molar-refractivity contribution in [2.24, 2.45) is 0 Å². The van der Waals surface area contributed by atoms with Gasteiger partial charge in [0.1, 0.15) is 6.33 Å². The van der Waals surface area contributed by atoms with E-state index in [2.05, 4.69) is 42.3 Å². The van der Waals surface area contributed by atoms with Crippen molar-refractivity contribution in [2.45, 2.75) is 0 Å². The molecule has 0 atom stereocenters. The van der Waals surface area contributed by atoms with Crippen LogP contribution in [0, 0.1) is 0 Å². The second-order valence-electron chi connectivity index (χ2n) is 4.69. The lowest BCUT2D eigenvalue weighted by Crippen LogP contribution is -2.41. The average molecular weight is 387 g/mol. The first kappa shape index (κ1) is 15.8. The highest BCUT2D eigenvalue weighted by Crippen LogP contribution is 2.15. The highest BCUT2D eigenvalue weighted by molar-refractivity contribution is 9.10. The molecule has 2 amide bonds. The largest absolute Gasteiger partial charge is 0.270 e. The van der Waals surface area contributed by atoms with Crippen molar-refractivity contribution in [3.8, 4) is 5.69 Å². The van der Waals surface area contributed by atoms with Crippen LogP contribution in [0.4, 0.5) is 0 Å². The van der Waals surface area contributed by atoms with Crippen molar-refractivity contribution in [2.75, 3.05) is 0 Å². The van der Waals surface area contributed by atoms with Crippen molar-refractivity contribution < 1.29 is 9.59 Å². The molecule has 0 saturated heterocycles. The molecule has 1 heterocycles. The molecular weight excluding hydrogens is 376 g/mol. The molecule has 3 rings (SSSR count). The molecule has 3 aromatic rings. The van der Waals surface area contributed by atoms with Crippen LogP contribution in [0.1, 0.15) is 20.7 Å². The Hall–Kier alpha value is -3.07. The second-order valence-corrected chi connectivity index (χ2v) is 5.54. The van der Waals surface area contributed by atoms with Crippen LogP contribution < -0.4 is 10.9 Å². The normalized spacial score (nSPS) is 10.2. The number of hydrazine groups is 1. The van der Waals surface area contributed by atoms with Gasteiger partial charge >= 0.3 is 0 Å². The third kappa shape index (κ3) is 3.46. The molecule has 1 aromatic heterocycles. The highest BCUT2D eigenvalue weighted by atomic mass is 79.9. The number of rotatable bonds is 3. The van der Waals surface area contributed by atoms with Crippen molar-refractivity contribution in [1.29, 1.82) is 0 Å². The summed E-state index contributed by atoms with van der Waals surface area (Å²) in [6.07, 6.45) is 1.45. The number of nitrogens with one attached hydrogen (secondary N) is 2. The van der Waals surface area contributed by atoms with Gasteiger partial charge in [0.2, 0.25) is 0 Å². The molecule has 0 bridgehead atoms. The maximum atomic E-state index is 12.1. The lowest BCUT2D eigenvalue weighted by atomic mass is 10.2. The number of tetrazole rings is 1. The van der Waals surface area contributed by atoms with Crippen LogP contribution in [-0.2, 0) is 0 Å². The first-order valence-corrected chi connectivity index (χ1v) is 7.63. The van der Waals surface area contributed by atoms with Gasteiger partial charge in [-0.25, -0.2) is 4.68 Å². The summed E-state index contributed by atoms with van der Waals surface area (Å²) >= 11 is 3.28. The molecular formula is C15H11BrN6O2. The van der Waals surface area contributed by atoms with Gasteiger partial charge in [0.25, 0.3) is 11.8 Å². The summed E-state index contributed by atoms with van der Waals surface area (Å²) in [4.78, 5) is 24.1. The average Bonchev–Trinajstić information content (AvgIpc) is 3.14. The van der Waals surface area contributed by atoms with Gasteiger partial charge in [-0.3, -0.25) is 20.4 Å². The van der Waals surface area contributed by atoms with Crippen molar-refractivity contribution in [1.82, 2.24) is 31.1 Å². The number of nitrogens with zero attached hydrogens (tertiary/aromatic N) is 4. The topological polar surface area (TPSA) is 102 Å². The van der Waals surface area contributed by atoms with Crippen LogP contribution >= 0.6 is 15.9 Å². The van der Waals surface area contributed by atoms with Crippen molar-refractivity contribution in [3.63, 3.8) is 0 Å². The second kappa shape index (κ2) is 7.01. The third-order valence-electron chi connectivity index (χ3n) is 3.15. The molecule has 0 aliphatic carbocycles. The number of carbonyl (C=O) groups excluding carboxylic acids is 2. The zero-order valence-electron chi connectivity index (χ0n) is 12.2. The molecule has 0 aliphatic rings. The number of hydrogen-bond acceptors (Lipinski definition) is 5. The quantitative estimate of drug-likeness (QED) is 0.664. The number of halogens is 1. The number of carbonyl (C=O) groups is 2. The Labute approximate surface area is 145 Å². The van der Waals surface area contributed by atoms with E-state index in [-0.39, 0.29) is 0 Å². The van der Waals surface area contributed by atoms with E-state index in [1.165, 1.54) is 11.0 Å². The Balaban J connectivity index is 1.63. The van der Waals surface area contributed by atoms with Gasteiger partial charge in [-0.2, -0.15) is 0 Å². The predicted octanol–water partition coefficient (Wildman–Crippen LogP) is 1.50. The fraction of sp³-hybridized carbons (Fsp3) is 0. The fourth-order valence-electron chi connectivity index (χ4n) is 1.94. The zero-order valence-corrected chi connectivity index (χ0v) is 13.8. The summed E-state index contributed by atoms with van der Waals surface area (Å²) in [6.45, 7) is 0. The molecule has 9 heteroatoms. The summed E-state index contributed by atoms with van der Waals surface area (Å²) in [7, 11) is 0. The van der Waals surface area contributed by atoms with Gasteiger partial charge in [0.05, 0.1) is 11.3 Å². The Bertz CT molecular complexity index is 864. The Morgan fingerprint density at radius 2 is 1.67 bits per heavy atom. The van der Waals surface area contributed by atoms with E-state index in [4.69, 9.17) is 0 Å². The SMILES string of the molecule is O=C(NNC(=O)c1ccccc1Br)c1ccc(-n2cnnn2)cc1. The number of hydrogen-bond donors (Lipinski definition) is 2. The van der Waals surface area contributed by atoms with E-state index < -0.39 is 11.8 Å². The van der Waals surface area contributed by atoms with Gasteiger partial charge in [0, 0.05) is 10.0 Å². The van der Waals surface area contributed by atoms with Gasteiger partial charge in [-0.05, 0) is 62.8 Å². The van der Waals surface area contributed by atoms with Crippen molar-refractivity contribution in [3.05, 3.63) is 70.5 Å². The zero-order chi connectivity index (χ0) is 16.9. The molecule has 0 spiro atoms. The number of amides is 2. The Kier molecular flexibility index (Phi) is 4.62. The van der Waals surface area contributed by atoms with Gasteiger partial charge in [-0.1, -0.05) is 12.1 Å². The maximum absolute atomic E-state index is 12.1. The minimum Gasteiger partial charge on any atom is -0.267 e. The van der Waals surface area contributed by atoms with Crippen molar-refractivity contribution >= 4 is 27.7 Å². The molecule has 0 saturated carbocycles. The summed E-state index contributed by atoms with van der Waals surface area (Å²) in [6, 6.07) is 13.5. The van der Waals surface area contributed by atoms with Crippen LogP contribution in [0.5, 0.6) is 0 Å². The van der Waals surface area contributed by atoms with E-state index in [0.29, 0.717) is 21.3 Å².